The molecule has 0 bridgehead atoms. The van der Waals surface area contributed by atoms with Gasteiger partial charge in [0.25, 0.3) is 0 Å². The Morgan fingerprint density at radius 2 is 2.08 bits per heavy atom. The number of nitrogens with one attached hydrogen (secondary N) is 2. The molecule has 2 aliphatic rings. The van der Waals surface area contributed by atoms with Crippen molar-refractivity contribution in [3.05, 3.63) is 29.8 Å². The maximum Gasteiger partial charge on any atom is 0.401 e. The molecule has 138 valence electrons. The van der Waals surface area contributed by atoms with Crippen LogP contribution in [0.5, 0.6) is 5.75 Å². The molecule has 0 unspecified atom stereocenters. The number of benzene rings is 1. The number of ether oxygens (including phenoxy) is 1. The van der Waals surface area contributed by atoms with Crippen LogP contribution in [0.15, 0.2) is 24.3 Å². The van der Waals surface area contributed by atoms with Crippen molar-refractivity contribution in [2.24, 2.45) is 5.92 Å². The number of para-hydroxylation sites is 1. The molecule has 3 rings (SSSR count). The van der Waals surface area contributed by atoms with Gasteiger partial charge in [0.1, 0.15) is 5.75 Å². The van der Waals surface area contributed by atoms with E-state index in [4.69, 9.17) is 4.74 Å². The number of hydrogen-bond acceptors (Lipinski definition) is 3. The normalized spacial score (nSPS) is 23.6. The highest BCUT2D eigenvalue weighted by molar-refractivity contribution is 5.74. The van der Waals surface area contributed by atoms with Crippen molar-refractivity contribution in [3.63, 3.8) is 0 Å². The predicted molar refractivity (Wildman–Crippen MR) is 86.4 cm³/mol. The Hall–Kier alpha value is -1.96. The molecule has 2 atom stereocenters. The zero-order chi connectivity index (χ0) is 17.9. The summed E-state index contributed by atoms with van der Waals surface area (Å²) in [5, 5.41) is 5.71. The number of amides is 2. The number of rotatable bonds is 4. The van der Waals surface area contributed by atoms with E-state index in [2.05, 4.69) is 10.6 Å². The first-order valence-corrected chi connectivity index (χ1v) is 8.46. The van der Waals surface area contributed by atoms with Crippen molar-refractivity contribution in [1.82, 2.24) is 15.5 Å². The smallest absolute Gasteiger partial charge is 0.401 e. The van der Waals surface area contributed by atoms with Gasteiger partial charge in [-0.25, -0.2) is 4.79 Å². The summed E-state index contributed by atoms with van der Waals surface area (Å²) in [6, 6.07) is 7.16. The van der Waals surface area contributed by atoms with E-state index in [9.17, 15) is 18.0 Å². The molecule has 0 spiro atoms. The third kappa shape index (κ3) is 5.01. The Morgan fingerprint density at radius 1 is 1.28 bits per heavy atom. The van der Waals surface area contributed by atoms with Crippen molar-refractivity contribution in [1.29, 1.82) is 0 Å². The van der Waals surface area contributed by atoms with Gasteiger partial charge in [0, 0.05) is 25.1 Å². The van der Waals surface area contributed by atoms with Gasteiger partial charge in [0.2, 0.25) is 0 Å². The quantitative estimate of drug-likeness (QED) is 0.871. The molecule has 2 amide bonds. The summed E-state index contributed by atoms with van der Waals surface area (Å²) in [6.45, 7) is 0.817. The fourth-order valence-electron chi connectivity index (χ4n) is 3.41. The SMILES string of the molecule is O=C(NC[C@H]1CCN(CC(F)(F)F)C1)N[C@@H]1CCOc2ccccc21. The molecule has 25 heavy (non-hydrogen) atoms. The van der Waals surface area contributed by atoms with Crippen LogP contribution in [0.1, 0.15) is 24.4 Å². The number of halogens is 3. The zero-order valence-electron chi connectivity index (χ0n) is 13.8. The van der Waals surface area contributed by atoms with Gasteiger partial charge < -0.3 is 15.4 Å². The Kier molecular flexibility index (Phi) is 5.36. The maximum atomic E-state index is 12.4. The van der Waals surface area contributed by atoms with Crippen molar-refractivity contribution in [3.8, 4) is 5.75 Å². The van der Waals surface area contributed by atoms with E-state index in [1.165, 1.54) is 4.90 Å². The summed E-state index contributed by atoms with van der Waals surface area (Å²) in [5.74, 6) is 0.827. The van der Waals surface area contributed by atoms with E-state index in [1.807, 2.05) is 24.3 Å². The largest absolute Gasteiger partial charge is 0.493 e. The van der Waals surface area contributed by atoms with Crippen LogP contribution in [0.2, 0.25) is 0 Å². The molecule has 1 aromatic carbocycles. The third-order valence-electron chi connectivity index (χ3n) is 4.59. The molecule has 0 radical (unpaired) electrons. The average molecular weight is 357 g/mol. The van der Waals surface area contributed by atoms with E-state index in [0.717, 1.165) is 11.3 Å². The van der Waals surface area contributed by atoms with Gasteiger partial charge in [-0.3, -0.25) is 4.90 Å². The van der Waals surface area contributed by atoms with Gasteiger partial charge in [-0.2, -0.15) is 13.2 Å². The molecule has 2 aliphatic heterocycles. The number of fused-ring (bicyclic) bond motifs is 1. The molecule has 1 aromatic rings. The predicted octanol–water partition coefficient (Wildman–Crippen LogP) is 2.69. The molecule has 0 aromatic heterocycles. The van der Waals surface area contributed by atoms with E-state index in [0.29, 0.717) is 39.1 Å². The second-order valence-corrected chi connectivity index (χ2v) is 6.59. The zero-order valence-corrected chi connectivity index (χ0v) is 13.8. The van der Waals surface area contributed by atoms with Gasteiger partial charge in [-0.05, 0) is 24.9 Å². The van der Waals surface area contributed by atoms with E-state index in [-0.39, 0.29) is 18.0 Å². The van der Waals surface area contributed by atoms with Crippen LogP contribution in [0.25, 0.3) is 0 Å². The lowest BCUT2D eigenvalue weighted by Crippen LogP contribution is -2.42. The van der Waals surface area contributed by atoms with Crippen molar-refractivity contribution in [2.45, 2.75) is 25.1 Å². The fraction of sp³-hybridized carbons (Fsp3) is 0.588. The van der Waals surface area contributed by atoms with Crippen LogP contribution < -0.4 is 15.4 Å². The monoisotopic (exact) mass is 357 g/mol. The van der Waals surface area contributed by atoms with Crippen molar-refractivity contribution < 1.29 is 22.7 Å². The summed E-state index contributed by atoms with van der Waals surface area (Å²) >= 11 is 0. The molecule has 0 saturated carbocycles. The molecular weight excluding hydrogens is 335 g/mol. The minimum Gasteiger partial charge on any atom is -0.493 e. The van der Waals surface area contributed by atoms with Crippen LogP contribution in [0.3, 0.4) is 0 Å². The summed E-state index contributed by atoms with van der Waals surface area (Å²) in [5.41, 5.74) is 0.945. The van der Waals surface area contributed by atoms with E-state index < -0.39 is 12.7 Å². The lowest BCUT2D eigenvalue weighted by atomic mass is 10.0. The summed E-state index contributed by atoms with van der Waals surface area (Å²) in [7, 11) is 0. The maximum absolute atomic E-state index is 12.4. The summed E-state index contributed by atoms with van der Waals surface area (Å²) in [6.07, 6.45) is -2.82. The standard InChI is InChI=1S/C17H22F3N3O2/c18-17(19,20)11-23-7-5-12(10-23)9-21-16(24)22-14-6-8-25-15-4-2-1-3-13(14)15/h1-4,12,14H,5-11H2,(H2,21,22,24)/t12-,14-/m1/s1. The second kappa shape index (κ2) is 7.51. The highest BCUT2D eigenvalue weighted by Gasteiger charge is 2.34. The van der Waals surface area contributed by atoms with Crippen LogP contribution in [0, 0.1) is 5.92 Å². The lowest BCUT2D eigenvalue weighted by molar-refractivity contribution is -0.143. The number of likely N-dealkylation sites (tertiary alicyclic amines) is 1. The Morgan fingerprint density at radius 3 is 2.88 bits per heavy atom. The minimum absolute atomic E-state index is 0.0510. The van der Waals surface area contributed by atoms with Crippen molar-refractivity contribution >= 4 is 6.03 Å². The van der Waals surface area contributed by atoms with Gasteiger partial charge in [0.15, 0.2) is 0 Å². The number of carbonyl (C=O) groups excluding carboxylic acids is 1. The first kappa shape index (κ1) is 17.8. The number of carbonyl (C=O) groups is 1. The molecule has 8 heteroatoms. The van der Waals surface area contributed by atoms with Crippen LogP contribution in [-0.4, -0.2) is 49.9 Å². The number of alkyl halides is 3. The Labute approximate surface area is 144 Å². The van der Waals surface area contributed by atoms with Gasteiger partial charge >= 0.3 is 12.2 Å². The fourth-order valence-corrected chi connectivity index (χ4v) is 3.41. The number of hydrogen-bond donors (Lipinski definition) is 2. The molecule has 1 saturated heterocycles. The van der Waals surface area contributed by atoms with Crippen LogP contribution >= 0.6 is 0 Å². The van der Waals surface area contributed by atoms with Gasteiger partial charge in [-0.1, -0.05) is 18.2 Å². The van der Waals surface area contributed by atoms with Crippen molar-refractivity contribution in [2.75, 3.05) is 32.8 Å². The Balaban J connectivity index is 1.44. The Bertz CT molecular complexity index is 609. The first-order valence-electron chi connectivity index (χ1n) is 8.46. The third-order valence-corrected chi connectivity index (χ3v) is 4.59. The topological polar surface area (TPSA) is 53.6 Å². The first-order chi connectivity index (χ1) is 11.9. The van der Waals surface area contributed by atoms with Crippen LogP contribution in [0.4, 0.5) is 18.0 Å². The highest BCUT2D eigenvalue weighted by Crippen LogP contribution is 2.31. The molecule has 1 fully saturated rings. The molecule has 2 heterocycles. The average Bonchev–Trinajstić information content (AvgIpc) is 2.99. The van der Waals surface area contributed by atoms with E-state index in [1.54, 1.807) is 0 Å². The highest BCUT2D eigenvalue weighted by atomic mass is 19.4. The van der Waals surface area contributed by atoms with Gasteiger partial charge in [0.05, 0.1) is 19.2 Å². The molecule has 2 N–H and O–H groups in total. The summed E-state index contributed by atoms with van der Waals surface area (Å²) in [4.78, 5) is 13.5. The molecule has 0 aliphatic carbocycles. The van der Waals surface area contributed by atoms with Crippen LogP contribution in [-0.2, 0) is 0 Å². The summed E-state index contributed by atoms with van der Waals surface area (Å²) < 4.78 is 42.8. The van der Waals surface area contributed by atoms with Gasteiger partial charge in [-0.15, -0.1) is 0 Å². The molecule has 5 nitrogen and oxygen atoms in total. The molecular formula is C17H22F3N3O2. The van der Waals surface area contributed by atoms with E-state index >= 15 is 0 Å². The lowest BCUT2D eigenvalue weighted by Gasteiger charge is -2.27. The minimum atomic E-state index is -4.17. The second-order valence-electron chi connectivity index (χ2n) is 6.59. The number of nitrogens with zero attached hydrogens (tertiary/aromatic N) is 1. The number of urea groups is 1.